The van der Waals surface area contributed by atoms with E-state index in [0.29, 0.717) is 5.41 Å². The summed E-state index contributed by atoms with van der Waals surface area (Å²) < 4.78 is 0. The van der Waals surface area contributed by atoms with Gasteiger partial charge in [-0.1, -0.05) is 6.92 Å². The lowest BCUT2D eigenvalue weighted by molar-refractivity contribution is 0.0690. The number of rotatable bonds is 5. The first-order valence-electron chi connectivity index (χ1n) is 5.58. The number of nitrogens with one attached hydrogen (secondary N) is 1. The summed E-state index contributed by atoms with van der Waals surface area (Å²) in [6.45, 7) is 3.12. The molecule has 86 valence electrons. The molecular weight excluding hydrogens is 204 g/mol. The molecule has 1 saturated carbocycles. The zero-order chi connectivity index (χ0) is 11.6. The minimum Gasteiger partial charge on any atom is -0.477 e. The van der Waals surface area contributed by atoms with Gasteiger partial charge in [-0.2, -0.15) is 0 Å². The lowest BCUT2D eigenvalue weighted by Gasteiger charge is -2.14. The summed E-state index contributed by atoms with van der Waals surface area (Å²) in [7, 11) is 0. The van der Waals surface area contributed by atoms with Crippen LogP contribution in [0.25, 0.3) is 0 Å². The standard InChI is InChI=1S/C12H16N2O2/c1-2-12(4-5-12)8-14-9-3-6-13-10(7-9)11(15)16/h3,6-7H,2,4-5,8H2,1H3,(H,13,14)(H,15,16). The van der Waals surface area contributed by atoms with E-state index in [2.05, 4.69) is 17.2 Å². The molecule has 1 aliphatic carbocycles. The van der Waals surface area contributed by atoms with Crippen molar-refractivity contribution < 1.29 is 9.90 Å². The minimum atomic E-state index is -0.986. The van der Waals surface area contributed by atoms with Crippen LogP contribution in [0.5, 0.6) is 0 Å². The van der Waals surface area contributed by atoms with Crippen LogP contribution in [0.2, 0.25) is 0 Å². The van der Waals surface area contributed by atoms with Gasteiger partial charge in [0, 0.05) is 18.4 Å². The summed E-state index contributed by atoms with van der Waals surface area (Å²) in [4.78, 5) is 14.5. The van der Waals surface area contributed by atoms with Crippen molar-refractivity contribution in [2.24, 2.45) is 5.41 Å². The average Bonchev–Trinajstić information content (AvgIpc) is 3.07. The van der Waals surface area contributed by atoms with Crippen molar-refractivity contribution >= 4 is 11.7 Å². The van der Waals surface area contributed by atoms with E-state index < -0.39 is 5.97 Å². The first-order valence-corrected chi connectivity index (χ1v) is 5.58. The van der Waals surface area contributed by atoms with Crippen molar-refractivity contribution in [3.8, 4) is 0 Å². The van der Waals surface area contributed by atoms with E-state index in [1.54, 1.807) is 12.1 Å². The molecule has 1 heterocycles. The predicted octanol–water partition coefficient (Wildman–Crippen LogP) is 2.38. The summed E-state index contributed by atoms with van der Waals surface area (Å²) >= 11 is 0. The molecule has 0 aliphatic heterocycles. The summed E-state index contributed by atoms with van der Waals surface area (Å²) in [6, 6.07) is 3.38. The Kier molecular flexibility index (Phi) is 2.81. The van der Waals surface area contributed by atoms with Crippen LogP contribution in [-0.4, -0.2) is 22.6 Å². The Morgan fingerprint density at radius 3 is 2.94 bits per heavy atom. The number of hydrogen-bond acceptors (Lipinski definition) is 3. The normalized spacial score (nSPS) is 16.8. The van der Waals surface area contributed by atoms with E-state index in [-0.39, 0.29) is 5.69 Å². The molecule has 0 unspecified atom stereocenters. The second kappa shape index (κ2) is 4.12. The molecule has 1 aliphatic rings. The fourth-order valence-electron chi connectivity index (χ4n) is 1.78. The average molecular weight is 220 g/mol. The topological polar surface area (TPSA) is 62.2 Å². The number of pyridine rings is 1. The number of carboxylic acid groups (broad SMARTS) is 1. The Bertz CT molecular complexity index is 400. The molecule has 1 aromatic rings. The van der Waals surface area contributed by atoms with Crippen LogP contribution in [-0.2, 0) is 0 Å². The molecule has 2 N–H and O–H groups in total. The molecule has 0 atom stereocenters. The van der Waals surface area contributed by atoms with Gasteiger partial charge in [0.2, 0.25) is 0 Å². The highest BCUT2D eigenvalue weighted by atomic mass is 16.4. The molecule has 1 aromatic heterocycles. The first kappa shape index (κ1) is 10.9. The molecule has 16 heavy (non-hydrogen) atoms. The lowest BCUT2D eigenvalue weighted by Crippen LogP contribution is -2.14. The SMILES string of the molecule is CCC1(CNc2ccnc(C(=O)O)c2)CC1. The second-order valence-corrected chi connectivity index (χ2v) is 4.44. The lowest BCUT2D eigenvalue weighted by atomic mass is 10.0. The molecule has 4 heteroatoms. The molecule has 4 nitrogen and oxygen atoms in total. The van der Waals surface area contributed by atoms with Crippen LogP contribution in [0.1, 0.15) is 36.7 Å². The second-order valence-electron chi connectivity index (χ2n) is 4.44. The van der Waals surface area contributed by atoms with Crippen LogP contribution in [0.4, 0.5) is 5.69 Å². The molecule has 0 spiro atoms. The van der Waals surface area contributed by atoms with Gasteiger partial charge in [0.25, 0.3) is 0 Å². The Balaban J connectivity index is 1.99. The molecule has 0 saturated heterocycles. The number of anilines is 1. The van der Waals surface area contributed by atoms with Gasteiger partial charge in [0.1, 0.15) is 5.69 Å². The number of carboxylic acids is 1. The maximum Gasteiger partial charge on any atom is 0.354 e. The number of hydrogen-bond donors (Lipinski definition) is 2. The van der Waals surface area contributed by atoms with Crippen LogP contribution in [0, 0.1) is 5.41 Å². The van der Waals surface area contributed by atoms with Crippen LogP contribution in [0.15, 0.2) is 18.3 Å². The molecular formula is C12H16N2O2. The quantitative estimate of drug-likeness (QED) is 0.799. The molecule has 0 amide bonds. The zero-order valence-corrected chi connectivity index (χ0v) is 9.36. The Labute approximate surface area is 94.7 Å². The third-order valence-corrected chi connectivity index (χ3v) is 3.35. The summed E-state index contributed by atoms with van der Waals surface area (Å²) in [5, 5.41) is 12.1. The van der Waals surface area contributed by atoms with Gasteiger partial charge in [-0.15, -0.1) is 0 Å². The number of carbonyl (C=O) groups is 1. The third kappa shape index (κ3) is 2.32. The Hall–Kier alpha value is -1.58. The van der Waals surface area contributed by atoms with Crippen molar-refractivity contribution in [1.82, 2.24) is 4.98 Å². The number of aromatic carboxylic acids is 1. The molecule has 1 fully saturated rings. The van der Waals surface area contributed by atoms with E-state index in [1.165, 1.54) is 25.5 Å². The summed E-state index contributed by atoms with van der Waals surface area (Å²) in [5.41, 5.74) is 1.38. The minimum absolute atomic E-state index is 0.0892. The molecule has 2 rings (SSSR count). The number of nitrogens with zero attached hydrogens (tertiary/aromatic N) is 1. The van der Waals surface area contributed by atoms with Crippen LogP contribution >= 0.6 is 0 Å². The van der Waals surface area contributed by atoms with Gasteiger partial charge >= 0.3 is 5.97 Å². The third-order valence-electron chi connectivity index (χ3n) is 3.35. The molecule has 0 bridgehead atoms. The number of aromatic nitrogens is 1. The Morgan fingerprint density at radius 2 is 2.38 bits per heavy atom. The highest BCUT2D eigenvalue weighted by molar-refractivity contribution is 5.86. The van der Waals surface area contributed by atoms with Crippen molar-refractivity contribution in [2.45, 2.75) is 26.2 Å². The highest BCUT2D eigenvalue weighted by Gasteiger charge is 2.40. The maximum atomic E-state index is 10.7. The first-order chi connectivity index (χ1) is 7.65. The van der Waals surface area contributed by atoms with Crippen molar-refractivity contribution in [3.05, 3.63) is 24.0 Å². The molecule has 0 aromatic carbocycles. The summed E-state index contributed by atoms with van der Waals surface area (Å²) in [6.07, 6.45) is 5.24. The van der Waals surface area contributed by atoms with Crippen LogP contribution < -0.4 is 5.32 Å². The fourth-order valence-corrected chi connectivity index (χ4v) is 1.78. The van der Waals surface area contributed by atoms with Gasteiger partial charge in [0.15, 0.2) is 0 Å². The van der Waals surface area contributed by atoms with E-state index in [1.807, 2.05) is 0 Å². The maximum absolute atomic E-state index is 10.7. The van der Waals surface area contributed by atoms with Gasteiger partial charge in [-0.3, -0.25) is 0 Å². The van der Waals surface area contributed by atoms with E-state index in [4.69, 9.17) is 5.11 Å². The van der Waals surface area contributed by atoms with Crippen molar-refractivity contribution in [2.75, 3.05) is 11.9 Å². The molecule has 0 radical (unpaired) electrons. The monoisotopic (exact) mass is 220 g/mol. The largest absolute Gasteiger partial charge is 0.477 e. The fraction of sp³-hybridized carbons (Fsp3) is 0.500. The zero-order valence-electron chi connectivity index (χ0n) is 9.36. The van der Waals surface area contributed by atoms with Gasteiger partial charge in [-0.25, -0.2) is 9.78 Å². The smallest absolute Gasteiger partial charge is 0.354 e. The van der Waals surface area contributed by atoms with E-state index in [9.17, 15) is 4.79 Å². The van der Waals surface area contributed by atoms with E-state index >= 15 is 0 Å². The predicted molar refractivity (Wildman–Crippen MR) is 61.6 cm³/mol. The van der Waals surface area contributed by atoms with Crippen molar-refractivity contribution in [1.29, 1.82) is 0 Å². The van der Waals surface area contributed by atoms with Gasteiger partial charge in [0.05, 0.1) is 0 Å². The van der Waals surface area contributed by atoms with E-state index in [0.717, 1.165) is 12.2 Å². The highest BCUT2D eigenvalue weighted by Crippen LogP contribution is 2.48. The van der Waals surface area contributed by atoms with Crippen molar-refractivity contribution in [3.63, 3.8) is 0 Å². The summed E-state index contributed by atoms with van der Waals surface area (Å²) in [5.74, 6) is -0.986. The van der Waals surface area contributed by atoms with Gasteiger partial charge in [-0.05, 0) is 36.8 Å². The van der Waals surface area contributed by atoms with Crippen LogP contribution in [0.3, 0.4) is 0 Å². The Morgan fingerprint density at radius 1 is 1.62 bits per heavy atom. The van der Waals surface area contributed by atoms with Gasteiger partial charge < -0.3 is 10.4 Å².